The summed E-state index contributed by atoms with van der Waals surface area (Å²) in [5, 5.41) is 27.1. The SMILES string of the molecule is CN/C=C(\C=N)Nc1nccc(-c2ccc(CNC(=O)/C(C=N)=C/NC(C)(C)C)c(Cl)c2)n1. The van der Waals surface area contributed by atoms with Crippen molar-refractivity contribution in [2.75, 3.05) is 12.4 Å². The third kappa shape index (κ3) is 8.04. The zero-order valence-electron chi connectivity index (χ0n) is 19.1. The predicted molar refractivity (Wildman–Crippen MR) is 134 cm³/mol. The van der Waals surface area contributed by atoms with Gasteiger partial charge in [0.25, 0.3) is 5.91 Å². The molecule has 1 aromatic heterocycles. The summed E-state index contributed by atoms with van der Waals surface area (Å²) in [4.78, 5) is 21.0. The molecule has 0 unspecified atom stereocenters. The maximum atomic E-state index is 12.4. The van der Waals surface area contributed by atoms with Crippen LogP contribution in [0.1, 0.15) is 26.3 Å². The molecular formula is C23H29ClN8O. The molecule has 0 aliphatic carbocycles. The van der Waals surface area contributed by atoms with Gasteiger partial charge in [-0.2, -0.15) is 0 Å². The second kappa shape index (κ2) is 11.8. The van der Waals surface area contributed by atoms with Gasteiger partial charge < -0.3 is 32.1 Å². The van der Waals surface area contributed by atoms with Gasteiger partial charge in [-0.15, -0.1) is 0 Å². The molecule has 0 spiro atoms. The summed E-state index contributed by atoms with van der Waals surface area (Å²) in [7, 11) is 1.74. The maximum Gasteiger partial charge on any atom is 0.254 e. The molecule has 0 saturated carbocycles. The number of nitrogens with zero attached hydrogens (tertiary/aromatic N) is 2. The molecule has 10 heteroatoms. The smallest absolute Gasteiger partial charge is 0.254 e. The highest BCUT2D eigenvalue weighted by Gasteiger charge is 2.12. The zero-order chi connectivity index (χ0) is 24.4. The van der Waals surface area contributed by atoms with Crippen molar-refractivity contribution in [2.45, 2.75) is 32.9 Å². The third-order valence-corrected chi connectivity index (χ3v) is 4.59. The Hall–Kier alpha value is -3.72. The molecule has 6 N–H and O–H groups in total. The van der Waals surface area contributed by atoms with Crippen LogP contribution in [-0.2, 0) is 11.3 Å². The molecule has 1 aromatic carbocycles. The number of carbonyl (C=O) groups excluding carboxylic acids is 1. The molecule has 2 rings (SSSR count). The van der Waals surface area contributed by atoms with E-state index in [9.17, 15) is 4.79 Å². The number of amides is 1. The first-order valence-corrected chi connectivity index (χ1v) is 10.6. The molecule has 174 valence electrons. The molecule has 9 nitrogen and oxygen atoms in total. The lowest BCUT2D eigenvalue weighted by Gasteiger charge is -2.19. The number of halogens is 1. The van der Waals surface area contributed by atoms with E-state index in [1.807, 2.05) is 32.9 Å². The summed E-state index contributed by atoms with van der Waals surface area (Å²) >= 11 is 6.46. The molecule has 0 fully saturated rings. The van der Waals surface area contributed by atoms with Crippen LogP contribution >= 0.6 is 11.6 Å². The fourth-order valence-corrected chi connectivity index (χ4v) is 2.82. The van der Waals surface area contributed by atoms with Crippen molar-refractivity contribution in [3.63, 3.8) is 0 Å². The quantitative estimate of drug-likeness (QED) is 0.233. The van der Waals surface area contributed by atoms with Crippen LogP contribution in [0.5, 0.6) is 0 Å². The van der Waals surface area contributed by atoms with Gasteiger partial charge >= 0.3 is 0 Å². The van der Waals surface area contributed by atoms with Gasteiger partial charge in [-0.25, -0.2) is 9.97 Å². The van der Waals surface area contributed by atoms with E-state index in [1.165, 1.54) is 6.20 Å². The van der Waals surface area contributed by atoms with E-state index in [1.54, 1.807) is 31.6 Å². The Morgan fingerprint density at radius 3 is 2.52 bits per heavy atom. The minimum Gasteiger partial charge on any atom is -0.392 e. The van der Waals surface area contributed by atoms with Crippen molar-refractivity contribution in [1.29, 1.82) is 10.8 Å². The minimum absolute atomic E-state index is 0.214. The van der Waals surface area contributed by atoms with Crippen molar-refractivity contribution in [3.05, 3.63) is 64.7 Å². The second-order valence-electron chi connectivity index (χ2n) is 8.05. The van der Waals surface area contributed by atoms with Crippen LogP contribution in [0.2, 0.25) is 5.02 Å². The molecule has 2 aromatic rings. The molecule has 0 bridgehead atoms. The first-order chi connectivity index (χ1) is 15.7. The number of hydrogen-bond acceptors (Lipinski definition) is 8. The maximum absolute atomic E-state index is 12.4. The third-order valence-electron chi connectivity index (χ3n) is 4.23. The van der Waals surface area contributed by atoms with E-state index in [2.05, 4.69) is 31.2 Å². The van der Waals surface area contributed by atoms with Crippen molar-refractivity contribution in [1.82, 2.24) is 25.9 Å². The highest BCUT2D eigenvalue weighted by Crippen LogP contribution is 2.25. The summed E-state index contributed by atoms with van der Waals surface area (Å²) in [5.41, 5.74) is 2.68. The number of carbonyl (C=O) groups is 1. The van der Waals surface area contributed by atoms with Crippen LogP contribution < -0.4 is 21.3 Å². The van der Waals surface area contributed by atoms with Crippen molar-refractivity contribution in [3.8, 4) is 11.3 Å². The average Bonchev–Trinajstić information content (AvgIpc) is 2.77. The Balaban J connectivity index is 2.12. The van der Waals surface area contributed by atoms with Gasteiger partial charge in [0.15, 0.2) is 0 Å². The van der Waals surface area contributed by atoms with Crippen molar-refractivity contribution in [2.24, 2.45) is 0 Å². The monoisotopic (exact) mass is 468 g/mol. The summed E-state index contributed by atoms with van der Waals surface area (Å²) in [6, 6.07) is 7.20. The Bertz CT molecular complexity index is 1070. The van der Waals surface area contributed by atoms with Crippen LogP contribution in [0.15, 0.2) is 54.1 Å². The van der Waals surface area contributed by atoms with E-state index in [4.69, 9.17) is 22.4 Å². The van der Waals surface area contributed by atoms with Gasteiger partial charge in [0.05, 0.1) is 17.0 Å². The fraction of sp³-hybridized carbons (Fsp3) is 0.261. The van der Waals surface area contributed by atoms with Crippen LogP contribution in [0, 0.1) is 10.8 Å². The van der Waals surface area contributed by atoms with Crippen molar-refractivity contribution >= 4 is 35.9 Å². The first-order valence-electron chi connectivity index (χ1n) is 10.2. The fourth-order valence-electron chi connectivity index (χ4n) is 2.57. The number of hydrogen-bond donors (Lipinski definition) is 6. The van der Waals surface area contributed by atoms with Crippen LogP contribution in [0.25, 0.3) is 11.3 Å². The molecule has 1 heterocycles. The minimum atomic E-state index is -0.370. The predicted octanol–water partition coefficient (Wildman–Crippen LogP) is 3.46. The summed E-state index contributed by atoms with van der Waals surface area (Å²) < 4.78 is 0. The number of benzene rings is 1. The Kier molecular flexibility index (Phi) is 9.11. The number of allylic oxidation sites excluding steroid dienone is 1. The highest BCUT2D eigenvalue weighted by atomic mass is 35.5. The standard InChI is InChI=1S/C23H29ClN8O/c1-23(2,3)30-13-17(10-25)21(33)29-12-16-6-5-15(9-19(16)24)20-7-8-28-22(32-20)31-18(11-26)14-27-4/h5-11,13-14,25-27,30H,12H2,1-4H3,(H,29,33)(H,28,31,32)/b17-13+,18-14+,25-10?,26-11?. The van der Waals surface area contributed by atoms with E-state index >= 15 is 0 Å². The lowest BCUT2D eigenvalue weighted by atomic mass is 10.1. The molecule has 0 aliphatic heterocycles. The molecule has 0 aliphatic rings. The summed E-state index contributed by atoms with van der Waals surface area (Å²) in [6.45, 7) is 6.11. The number of rotatable bonds is 10. The molecule has 0 saturated heterocycles. The van der Waals surface area contributed by atoms with E-state index in [-0.39, 0.29) is 23.6 Å². The second-order valence-corrected chi connectivity index (χ2v) is 8.46. The van der Waals surface area contributed by atoms with E-state index < -0.39 is 0 Å². The summed E-state index contributed by atoms with van der Waals surface area (Å²) in [5.74, 6) is -0.0233. The highest BCUT2D eigenvalue weighted by molar-refractivity contribution is 6.31. The molecule has 33 heavy (non-hydrogen) atoms. The van der Waals surface area contributed by atoms with Gasteiger partial charge in [0.2, 0.25) is 5.95 Å². The Morgan fingerprint density at radius 1 is 1.15 bits per heavy atom. The molecule has 1 amide bonds. The number of nitrogens with one attached hydrogen (secondary N) is 6. The van der Waals surface area contributed by atoms with Crippen LogP contribution in [0.3, 0.4) is 0 Å². The number of aromatic nitrogens is 2. The zero-order valence-corrected chi connectivity index (χ0v) is 19.8. The van der Waals surface area contributed by atoms with Gasteiger partial charge in [0.1, 0.15) is 0 Å². The van der Waals surface area contributed by atoms with Gasteiger partial charge in [-0.1, -0.05) is 23.7 Å². The van der Waals surface area contributed by atoms with Crippen LogP contribution in [-0.4, -0.2) is 40.9 Å². The van der Waals surface area contributed by atoms with Gasteiger partial charge in [-0.3, -0.25) is 4.79 Å². The lowest BCUT2D eigenvalue weighted by molar-refractivity contribution is -0.117. The molecule has 0 atom stereocenters. The Labute approximate surface area is 198 Å². The van der Waals surface area contributed by atoms with E-state index in [0.29, 0.717) is 22.4 Å². The summed E-state index contributed by atoms with van der Waals surface area (Å²) in [6.07, 6.45) is 6.94. The largest absolute Gasteiger partial charge is 0.392 e. The van der Waals surface area contributed by atoms with Crippen LogP contribution in [0.4, 0.5) is 5.95 Å². The Morgan fingerprint density at radius 2 is 1.91 bits per heavy atom. The first kappa shape index (κ1) is 25.5. The number of anilines is 1. The molecule has 0 radical (unpaired) electrons. The lowest BCUT2D eigenvalue weighted by Crippen LogP contribution is -2.33. The average molecular weight is 469 g/mol. The topological polar surface area (TPSA) is 139 Å². The van der Waals surface area contributed by atoms with Gasteiger partial charge in [-0.05, 0) is 38.5 Å². The van der Waals surface area contributed by atoms with Crippen molar-refractivity contribution < 1.29 is 4.79 Å². The van der Waals surface area contributed by atoms with Gasteiger partial charge in [0, 0.05) is 60.7 Å². The normalized spacial score (nSPS) is 12.0. The van der Waals surface area contributed by atoms with E-state index in [0.717, 1.165) is 23.6 Å². The molecular weight excluding hydrogens is 440 g/mol.